The molecule has 0 radical (unpaired) electrons. The van der Waals surface area contributed by atoms with Crippen LogP contribution in [0.4, 0.5) is 17.6 Å². The number of rotatable bonds is 10. The maximum atomic E-state index is 5.45. The third-order valence-corrected chi connectivity index (χ3v) is 7.65. The number of nitrogens with zero attached hydrogens (tertiary/aromatic N) is 9. The van der Waals surface area contributed by atoms with Gasteiger partial charge in [0, 0.05) is 91.6 Å². The van der Waals surface area contributed by atoms with E-state index in [2.05, 4.69) is 49.1 Å². The molecule has 2 N–H and O–H groups in total. The molecule has 5 heterocycles. The smallest absolute Gasteiger partial charge is 0.229 e. The molecule has 0 atom stereocenters. The molecule has 0 unspecified atom stereocenters. The first-order valence-electron chi connectivity index (χ1n) is 13.9. The van der Waals surface area contributed by atoms with Crippen molar-refractivity contribution in [3.05, 3.63) is 6.20 Å². The Bertz CT molecular complexity index is 986. The zero-order chi connectivity index (χ0) is 25.5. The van der Waals surface area contributed by atoms with E-state index in [4.69, 9.17) is 24.7 Å². The topological polar surface area (TPSA) is 101 Å². The number of nitrogens with one attached hydrogen (secondary N) is 2. The Balaban J connectivity index is 1.28. The van der Waals surface area contributed by atoms with Crippen molar-refractivity contribution in [1.29, 1.82) is 0 Å². The van der Waals surface area contributed by atoms with Crippen molar-refractivity contribution in [2.24, 2.45) is 0 Å². The first-order chi connectivity index (χ1) is 18.2. The zero-order valence-electron chi connectivity index (χ0n) is 22.5. The average molecular weight is 514 g/mol. The highest BCUT2D eigenvalue weighted by Gasteiger charge is 2.21. The molecule has 0 bridgehead atoms. The Morgan fingerprint density at radius 2 is 1.46 bits per heavy atom. The molecule has 0 aromatic carbocycles. The molecule has 0 amide bonds. The lowest BCUT2D eigenvalue weighted by molar-refractivity contribution is 0.0398. The van der Waals surface area contributed by atoms with E-state index in [1.807, 2.05) is 0 Å². The summed E-state index contributed by atoms with van der Waals surface area (Å²) in [7, 11) is 2.19. The van der Waals surface area contributed by atoms with Crippen LogP contribution in [-0.4, -0.2) is 158 Å². The number of likely N-dealkylation sites (N-methyl/N-ethyl adjacent to an activating group) is 2. The monoisotopic (exact) mass is 513 g/mol. The van der Waals surface area contributed by atoms with Gasteiger partial charge in [0.25, 0.3) is 0 Å². The number of fused-ring (bicyclic) bond motifs is 1. The van der Waals surface area contributed by atoms with Gasteiger partial charge in [0.2, 0.25) is 5.95 Å². The van der Waals surface area contributed by atoms with Crippen molar-refractivity contribution in [1.82, 2.24) is 39.5 Å². The number of piperazine rings is 2. The molecule has 12 heteroatoms. The van der Waals surface area contributed by atoms with Crippen LogP contribution in [-0.2, 0) is 4.74 Å². The molecule has 204 valence electrons. The fraction of sp³-hybridized carbons (Fsp3) is 0.760. The van der Waals surface area contributed by atoms with Crippen LogP contribution in [0.25, 0.3) is 11.2 Å². The standard InChI is InChI=1S/C25H43N11O/c1-3-33-12-14-36(15-13-33)25-30-23(27-5-7-34-10-8-32(2)9-11-34)22-24(31-25)29-21(20-28-22)26-4-6-35-16-18-37-19-17-35/h20H,3-19H2,1-2H3,(H2,26,27,29,30,31). The summed E-state index contributed by atoms with van der Waals surface area (Å²) in [6.45, 7) is 18.8. The normalized spacial score (nSPS) is 21.0. The second-order valence-corrected chi connectivity index (χ2v) is 10.2. The molecule has 5 rings (SSSR count). The van der Waals surface area contributed by atoms with E-state index in [1.165, 1.54) is 0 Å². The van der Waals surface area contributed by atoms with Gasteiger partial charge in [0.15, 0.2) is 17.0 Å². The first-order valence-corrected chi connectivity index (χ1v) is 13.9. The van der Waals surface area contributed by atoms with Crippen LogP contribution in [0.1, 0.15) is 6.92 Å². The van der Waals surface area contributed by atoms with Gasteiger partial charge in [-0.15, -0.1) is 0 Å². The summed E-state index contributed by atoms with van der Waals surface area (Å²) in [6.07, 6.45) is 1.80. The highest BCUT2D eigenvalue weighted by Crippen LogP contribution is 2.23. The highest BCUT2D eigenvalue weighted by atomic mass is 16.5. The fourth-order valence-corrected chi connectivity index (χ4v) is 5.08. The van der Waals surface area contributed by atoms with Gasteiger partial charge < -0.3 is 30.1 Å². The number of hydrogen-bond acceptors (Lipinski definition) is 12. The Morgan fingerprint density at radius 3 is 2.19 bits per heavy atom. The second kappa shape index (κ2) is 12.9. The Morgan fingerprint density at radius 1 is 0.784 bits per heavy atom. The summed E-state index contributed by atoms with van der Waals surface area (Å²) in [5, 5.41) is 7.00. The van der Waals surface area contributed by atoms with Crippen molar-refractivity contribution in [3.63, 3.8) is 0 Å². The Labute approximate surface area is 220 Å². The van der Waals surface area contributed by atoms with Gasteiger partial charge in [-0.1, -0.05) is 6.92 Å². The van der Waals surface area contributed by atoms with Crippen LogP contribution in [0.15, 0.2) is 6.20 Å². The van der Waals surface area contributed by atoms with E-state index in [-0.39, 0.29) is 0 Å². The van der Waals surface area contributed by atoms with Crippen LogP contribution >= 0.6 is 0 Å². The van der Waals surface area contributed by atoms with Crippen molar-refractivity contribution in [2.45, 2.75) is 6.92 Å². The van der Waals surface area contributed by atoms with E-state index in [1.54, 1.807) is 6.20 Å². The molecule has 2 aromatic rings. The molecule has 3 aliphatic heterocycles. The van der Waals surface area contributed by atoms with E-state index in [9.17, 15) is 0 Å². The van der Waals surface area contributed by atoms with Gasteiger partial charge in [-0.25, -0.2) is 9.97 Å². The summed E-state index contributed by atoms with van der Waals surface area (Å²) in [5.41, 5.74) is 1.37. The first kappa shape index (κ1) is 26.2. The zero-order valence-corrected chi connectivity index (χ0v) is 22.5. The Hall–Kier alpha value is -2.38. The highest BCUT2D eigenvalue weighted by molar-refractivity contribution is 5.84. The SMILES string of the molecule is CCN1CCN(c2nc(NCCN3CCN(C)CC3)c3ncc(NCCN4CCOCC4)nc3n2)CC1. The van der Waals surface area contributed by atoms with E-state index < -0.39 is 0 Å². The molecule has 37 heavy (non-hydrogen) atoms. The molecule has 0 aliphatic carbocycles. The summed E-state index contributed by atoms with van der Waals surface area (Å²) < 4.78 is 5.45. The summed E-state index contributed by atoms with van der Waals surface area (Å²) in [4.78, 5) is 31.4. The molecule has 3 saturated heterocycles. The minimum absolute atomic E-state index is 0.640. The minimum Gasteiger partial charge on any atom is -0.379 e. The molecule has 3 fully saturated rings. The van der Waals surface area contributed by atoms with E-state index in [0.29, 0.717) is 5.65 Å². The van der Waals surface area contributed by atoms with Gasteiger partial charge in [-0.05, 0) is 13.6 Å². The van der Waals surface area contributed by atoms with Gasteiger partial charge in [-0.2, -0.15) is 9.97 Å². The molecule has 12 nitrogen and oxygen atoms in total. The molecule has 2 aromatic heterocycles. The second-order valence-electron chi connectivity index (χ2n) is 10.2. The van der Waals surface area contributed by atoms with Gasteiger partial charge in [0.05, 0.1) is 19.4 Å². The summed E-state index contributed by atoms with van der Waals surface area (Å²) in [6, 6.07) is 0. The molecular weight excluding hydrogens is 470 g/mol. The lowest BCUT2D eigenvalue weighted by Gasteiger charge is -2.34. The lowest BCUT2D eigenvalue weighted by Crippen LogP contribution is -2.47. The molecule has 0 spiro atoms. The largest absolute Gasteiger partial charge is 0.379 e. The van der Waals surface area contributed by atoms with Crippen LogP contribution < -0.4 is 15.5 Å². The van der Waals surface area contributed by atoms with Crippen molar-refractivity contribution >= 4 is 28.7 Å². The third-order valence-electron chi connectivity index (χ3n) is 7.65. The van der Waals surface area contributed by atoms with Gasteiger partial charge >= 0.3 is 0 Å². The van der Waals surface area contributed by atoms with Crippen molar-refractivity contribution < 1.29 is 4.74 Å². The maximum absolute atomic E-state index is 5.45. The molecular formula is C25H43N11O. The van der Waals surface area contributed by atoms with Crippen molar-refractivity contribution in [3.8, 4) is 0 Å². The van der Waals surface area contributed by atoms with Crippen LogP contribution in [0, 0.1) is 0 Å². The van der Waals surface area contributed by atoms with Crippen LogP contribution in [0.5, 0.6) is 0 Å². The lowest BCUT2D eigenvalue weighted by atomic mass is 10.3. The van der Waals surface area contributed by atoms with Crippen molar-refractivity contribution in [2.75, 3.05) is 134 Å². The van der Waals surface area contributed by atoms with Crippen LogP contribution in [0.2, 0.25) is 0 Å². The van der Waals surface area contributed by atoms with Crippen LogP contribution in [0.3, 0.4) is 0 Å². The molecule has 0 saturated carbocycles. The summed E-state index contributed by atoms with van der Waals surface area (Å²) >= 11 is 0. The van der Waals surface area contributed by atoms with Gasteiger partial charge in [0.1, 0.15) is 5.82 Å². The minimum atomic E-state index is 0.640. The third kappa shape index (κ3) is 7.14. The van der Waals surface area contributed by atoms with Gasteiger partial charge in [-0.3, -0.25) is 9.80 Å². The summed E-state index contributed by atoms with van der Waals surface area (Å²) in [5.74, 6) is 2.27. The Kier molecular flexibility index (Phi) is 9.16. The number of morpholine rings is 1. The van der Waals surface area contributed by atoms with E-state index >= 15 is 0 Å². The van der Waals surface area contributed by atoms with E-state index in [0.717, 1.165) is 134 Å². The number of hydrogen-bond donors (Lipinski definition) is 2. The number of aromatic nitrogens is 4. The number of ether oxygens (including phenoxy) is 1. The predicted molar refractivity (Wildman–Crippen MR) is 148 cm³/mol. The molecule has 3 aliphatic rings. The quantitative estimate of drug-likeness (QED) is 0.446. The number of anilines is 3. The fourth-order valence-electron chi connectivity index (χ4n) is 5.08. The maximum Gasteiger partial charge on any atom is 0.229 e. The average Bonchev–Trinajstić information content (AvgIpc) is 2.94. The predicted octanol–water partition coefficient (Wildman–Crippen LogP) is -0.0349.